The second kappa shape index (κ2) is 5.87. The van der Waals surface area contributed by atoms with Gasteiger partial charge in [0.05, 0.1) is 0 Å². The van der Waals surface area contributed by atoms with Crippen molar-refractivity contribution in [3.8, 4) is 0 Å². The third-order valence-corrected chi connectivity index (χ3v) is 4.55. The number of benzene rings is 1. The third kappa shape index (κ3) is 3.14. The zero-order valence-electron chi connectivity index (χ0n) is 11.0. The van der Waals surface area contributed by atoms with Gasteiger partial charge in [0, 0.05) is 20.8 Å². The summed E-state index contributed by atoms with van der Waals surface area (Å²) in [6.45, 7) is 4.20. The van der Waals surface area contributed by atoms with Crippen molar-refractivity contribution in [2.75, 3.05) is 7.05 Å². The fourth-order valence-corrected chi connectivity index (χ4v) is 3.32. The van der Waals surface area contributed by atoms with E-state index in [0.717, 1.165) is 11.4 Å². The molecule has 0 fully saturated rings. The van der Waals surface area contributed by atoms with Crippen molar-refractivity contribution in [3.05, 3.63) is 56.2 Å². The summed E-state index contributed by atoms with van der Waals surface area (Å²) in [6, 6.07) is 11.0. The number of halogens is 1. The molecular weight excluding hydrogens is 262 g/mol. The number of likely N-dealkylation sites (N-methyl/N-ethyl adjacent to an activating group) is 1. The second-order valence-electron chi connectivity index (χ2n) is 4.59. The normalized spacial score (nSPS) is 12.7. The van der Waals surface area contributed by atoms with Gasteiger partial charge in [-0.2, -0.15) is 0 Å². The molecule has 0 aliphatic carbocycles. The quantitative estimate of drug-likeness (QED) is 0.868. The Bertz CT molecular complexity index is 533. The van der Waals surface area contributed by atoms with Crippen LogP contribution in [0.1, 0.15) is 26.9 Å². The minimum Gasteiger partial charge on any atom is -0.312 e. The Morgan fingerprint density at radius 1 is 1.22 bits per heavy atom. The van der Waals surface area contributed by atoms with Gasteiger partial charge in [-0.15, -0.1) is 11.3 Å². The lowest BCUT2D eigenvalue weighted by molar-refractivity contribution is 0.602. The van der Waals surface area contributed by atoms with Crippen LogP contribution in [0.3, 0.4) is 0 Å². The van der Waals surface area contributed by atoms with Gasteiger partial charge in [-0.25, -0.2) is 0 Å². The monoisotopic (exact) mass is 279 g/mol. The second-order valence-corrected chi connectivity index (χ2v) is 6.32. The third-order valence-electron chi connectivity index (χ3n) is 3.09. The van der Waals surface area contributed by atoms with E-state index >= 15 is 0 Å². The summed E-state index contributed by atoms with van der Waals surface area (Å²) in [5.74, 6) is 0. The molecule has 2 aromatic rings. The molecule has 1 unspecified atom stereocenters. The van der Waals surface area contributed by atoms with Crippen LogP contribution in [0.4, 0.5) is 0 Å². The van der Waals surface area contributed by atoms with E-state index in [4.69, 9.17) is 11.6 Å². The number of rotatable bonds is 4. The van der Waals surface area contributed by atoms with Crippen LogP contribution in [0.2, 0.25) is 5.02 Å². The van der Waals surface area contributed by atoms with E-state index in [-0.39, 0.29) is 0 Å². The predicted octanol–water partition coefficient (Wildman–Crippen LogP) is 4.52. The zero-order valence-corrected chi connectivity index (χ0v) is 12.5. The van der Waals surface area contributed by atoms with Crippen molar-refractivity contribution in [1.82, 2.24) is 5.32 Å². The summed E-state index contributed by atoms with van der Waals surface area (Å²) >= 11 is 8.14. The minimum atomic E-state index is 0.337. The highest BCUT2D eigenvalue weighted by molar-refractivity contribution is 7.12. The van der Waals surface area contributed by atoms with E-state index in [1.54, 1.807) is 0 Å². The fourth-order valence-electron chi connectivity index (χ4n) is 2.02. The molecule has 3 heteroatoms. The first-order chi connectivity index (χ1) is 8.60. The lowest BCUT2D eigenvalue weighted by atomic mass is 10.0. The van der Waals surface area contributed by atoms with Crippen LogP contribution in [0.15, 0.2) is 30.3 Å². The van der Waals surface area contributed by atoms with Gasteiger partial charge in [0.15, 0.2) is 0 Å². The van der Waals surface area contributed by atoms with Crippen LogP contribution >= 0.6 is 22.9 Å². The van der Waals surface area contributed by atoms with Gasteiger partial charge in [-0.05, 0) is 56.6 Å². The van der Waals surface area contributed by atoms with Gasteiger partial charge >= 0.3 is 0 Å². The summed E-state index contributed by atoms with van der Waals surface area (Å²) in [4.78, 5) is 2.71. The van der Waals surface area contributed by atoms with Gasteiger partial charge < -0.3 is 5.32 Å². The molecule has 18 heavy (non-hydrogen) atoms. The highest BCUT2D eigenvalue weighted by Crippen LogP contribution is 2.28. The summed E-state index contributed by atoms with van der Waals surface area (Å²) < 4.78 is 0. The van der Waals surface area contributed by atoms with Gasteiger partial charge in [-0.1, -0.05) is 23.7 Å². The SMILES string of the molecule is CNC(Cc1ccc(C)cc1Cl)c1ccc(C)s1. The molecule has 1 nitrogen and oxygen atoms in total. The molecule has 0 amide bonds. The fraction of sp³-hybridized carbons (Fsp3) is 0.333. The molecule has 1 aromatic carbocycles. The highest BCUT2D eigenvalue weighted by Gasteiger charge is 2.13. The molecule has 2 rings (SSSR count). The number of hydrogen-bond donors (Lipinski definition) is 1. The largest absolute Gasteiger partial charge is 0.312 e. The Balaban J connectivity index is 2.20. The van der Waals surface area contributed by atoms with E-state index in [1.807, 2.05) is 24.5 Å². The van der Waals surface area contributed by atoms with Gasteiger partial charge in [0.1, 0.15) is 0 Å². The van der Waals surface area contributed by atoms with E-state index < -0.39 is 0 Å². The van der Waals surface area contributed by atoms with E-state index in [2.05, 4.69) is 43.4 Å². The first-order valence-corrected chi connectivity index (χ1v) is 7.28. The first kappa shape index (κ1) is 13.6. The van der Waals surface area contributed by atoms with E-state index in [1.165, 1.54) is 20.9 Å². The number of hydrogen-bond acceptors (Lipinski definition) is 2. The van der Waals surface area contributed by atoms with Crippen molar-refractivity contribution >= 4 is 22.9 Å². The molecule has 96 valence electrons. The number of nitrogens with one attached hydrogen (secondary N) is 1. The first-order valence-electron chi connectivity index (χ1n) is 6.09. The molecule has 0 spiro atoms. The van der Waals surface area contributed by atoms with Crippen molar-refractivity contribution in [1.29, 1.82) is 0 Å². The Morgan fingerprint density at radius 3 is 2.56 bits per heavy atom. The van der Waals surface area contributed by atoms with E-state index in [0.29, 0.717) is 6.04 Å². The van der Waals surface area contributed by atoms with Crippen molar-refractivity contribution in [2.45, 2.75) is 26.3 Å². The minimum absolute atomic E-state index is 0.337. The average molecular weight is 280 g/mol. The smallest absolute Gasteiger partial charge is 0.0453 e. The number of aryl methyl sites for hydroxylation is 2. The Kier molecular flexibility index (Phi) is 4.44. The van der Waals surface area contributed by atoms with Crippen molar-refractivity contribution in [3.63, 3.8) is 0 Å². The molecule has 0 saturated heterocycles. The molecule has 1 N–H and O–H groups in total. The van der Waals surface area contributed by atoms with Crippen LogP contribution in [0.5, 0.6) is 0 Å². The summed E-state index contributed by atoms with van der Waals surface area (Å²) in [6.07, 6.45) is 0.926. The topological polar surface area (TPSA) is 12.0 Å². The summed E-state index contributed by atoms with van der Waals surface area (Å²) in [5.41, 5.74) is 2.41. The van der Waals surface area contributed by atoms with Crippen LogP contribution in [0, 0.1) is 13.8 Å². The molecule has 0 radical (unpaired) electrons. The van der Waals surface area contributed by atoms with Gasteiger partial charge in [0.25, 0.3) is 0 Å². The lowest BCUT2D eigenvalue weighted by Gasteiger charge is -2.15. The maximum atomic E-state index is 6.30. The molecule has 1 atom stereocenters. The van der Waals surface area contributed by atoms with Crippen LogP contribution in [-0.2, 0) is 6.42 Å². The number of thiophene rings is 1. The Morgan fingerprint density at radius 2 is 2.00 bits per heavy atom. The zero-order chi connectivity index (χ0) is 13.1. The van der Waals surface area contributed by atoms with E-state index in [9.17, 15) is 0 Å². The maximum Gasteiger partial charge on any atom is 0.0453 e. The van der Waals surface area contributed by atoms with Gasteiger partial charge in [0.2, 0.25) is 0 Å². The molecule has 0 aliphatic rings. The standard InChI is InChI=1S/C15H18ClNS/c1-10-4-6-12(13(16)8-10)9-14(17-3)15-7-5-11(2)18-15/h4-8,14,17H,9H2,1-3H3. The van der Waals surface area contributed by atoms with Crippen LogP contribution in [0.25, 0.3) is 0 Å². The van der Waals surface area contributed by atoms with Gasteiger partial charge in [-0.3, -0.25) is 0 Å². The average Bonchev–Trinajstić information content (AvgIpc) is 2.75. The summed E-state index contributed by atoms with van der Waals surface area (Å²) in [7, 11) is 2.00. The molecule has 1 heterocycles. The molecule has 0 saturated carbocycles. The van der Waals surface area contributed by atoms with Crippen molar-refractivity contribution in [2.24, 2.45) is 0 Å². The summed E-state index contributed by atoms with van der Waals surface area (Å²) in [5, 5.41) is 4.24. The van der Waals surface area contributed by atoms with Crippen LogP contribution < -0.4 is 5.32 Å². The Labute approximate surface area is 118 Å². The van der Waals surface area contributed by atoms with Crippen molar-refractivity contribution < 1.29 is 0 Å². The maximum absolute atomic E-state index is 6.30. The molecule has 0 aliphatic heterocycles. The molecule has 0 bridgehead atoms. The Hall–Kier alpha value is -0.830. The lowest BCUT2D eigenvalue weighted by Crippen LogP contribution is -2.17. The molecular formula is C15H18ClNS. The molecule has 1 aromatic heterocycles. The predicted molar refractivity (Wildman–Crippen MR) is 80.7 cm³/mol. The van der Waals surface area contributed by atoms with Crippen LogP contribution in [-0.4, -0.2) is 7.05 Å². The highest BCUT2D eigenvalue weighted by atomic mass is 35.5.